The molecule has 4 heterocycles. The molecule has 1 aliphatic rings. The number of aryl methyl sites for hydroxylation is 1. The first-order valence-electron chi connectivity index (χ1n) is 16.4. The van der Waals surface area contributed by atoms with Crippen LogP contribution in [0.2, 0.25) is 0 Å². The van der Waals surface area contributed by atoms with Crippen LogP contribution in [0.4, 0.5) is 24.8 Å². The highest BCUT2D eigenvalue weighted by Gasteiger charge is 2.48. The lowest BCUT2D eigenvalue weighted by atomic mass is 9.91. The van der Waals surface area contributed by atoms with Crippen LogP contribution in [-0.2, 0) is 21.2 Å². The smallest absolute Gasteiger partial charge is 0.397 e. The lowest BCUT2D eigenvalue weighted by molar-refractivity contribution is -0.219. The molecule has 0 saturated carbocycles. The van der Waals surface area contributed by atoms with E-state index in [4.69, 9.17) is 15.5 Å². The number of ether oxygens (including phenoxy) is 1. The van der Waals surface area contributed by atoms with E-state index in [1.165, 1.54) is 22.9 Å². The maximum Gasteiger partial charge on any atom is 0.397 e. The van der Waals surface area contributed by atoms with Gasteiger partial charge in [-0.05, 0) is 76.8 Å². The SMILES string of the molecule is CC(C)(CN1CCCCCCc2ccccc2-c2nc(ccc2-n2ccc(OCC(C)(C)C(F)(F)F)n2)NS(=O)(=O)c2cccc1n2)C(N)=O. The van der Waals surface area contributed by atoms with E-state index >= 15 is 0 Å². The third kappa shape index (κ3) is 8.37. The largest absolute Gasteiger partial charge is 0.476 e. The highest BCUT2D eigenvalue weighted by molar-refractivity contribution is 7.92. The minimum absolute atomic E-state index is 0.00363. The number of nitrogens with zero attached hydrogens (tertiary/aromatic N) is 5. The number of carbonyl (C=O) groups excluding carboxylic acids is 1. The number of nitrogens with one attached hydrogen (secondary N) is 1. The van der Waals surface area contributed by atoms with Crippen molar-refractivity contribution in [2.75, 3.05) is 29.3 Å². The maximum absolute atomic E-state index is 13.7. The Morgan fingerprint density at radius 1 is 0.940 bits per heavy atom. The van der Waals surface area contributed by atoms with Crippen LogP contribution in [0, 0.1) is 10.8 Å². The van der Waals surface area contributed by atoms with Crippen molar-refractivity contribution in [1.82, 2.24) is 19.7 Å². The Kier molecular flexibility index (Phi) is 10.5. The minimum atomic E-state index is -4.46. The van der Waals surface area contributed by atoms with E-state index in [-0.39, 0.29) is 23.3 Å². The zero-order valence-electron chi connectivity index (χ0n) is 28.5. The first kappa shape index (κ1) is 36.6. The molecule has 1 aromatic carbocycles. The van der Waals surface area contributed by atoms with Gasteiger partial charge in [0.15, 0.2) is 5.03 Å². The summed E-state index contributed by atoms with van der Waals surface area (Å²) in [6.07, 6.45) is 1.26. The Hall–Kier alpha value is -4.66. The fraction of sp³-hybridized carbons (Fsp3) is 0.429. The molecule has 0 aliphatic carbocycles. The third-order valence-corrected chi connectivity index (χ3v) is 9.99. The quantitative estimate of drug-likeness (QED) is 0.220. The third-order valence-electron chi connectivity index (χ3n) is 8.73. The number of fused-ring (bicyclic) bond motifs is 6. The number of primary amides is 1. The molecule has 3 aromatic heterocycles. The molecular weight excluding hydrogens is 671 g/mol. The topological polar surface area (TPSA) is 145 Å². The number of nitrogens with two attached hydrogens (primary N) is 1. The zero-order valence-corrected chi connectivity index (χ0v) is 29.3. The second kappa shape index (κ2) is 14.3. The number of hydrogen-bond acceptors (Lipinski definition) is 8. The van der Waals surface area contributed by atoms with Gasteiger partial charge in [0.25, 0.3) is 10.0 Å². The number of alkyl halides is 3. The van der Waals surface area contributed by atoms with Crippen molar-refractivity contribution in [2.24, 2.45) is 16.6 Å². The van der Waals surface area contributed by atoms with Crippen molar-refractivity contribution in [3.63, 3.8) is 0 Å². The van der Waals surface area contributed by atoms with E-state index in [1.807, 2.05) is 29.2 Å². The highest BCUT2D eigenvalue weighted by atomic mass is 32.2. The monoisotopic (exact) mass is 713 g/mol. The number of aromatic nitrogens is 4. The molecule has 0 spiro atoms. The van der Waals surface area contributed by atoms with Crippen LogP contribution in [0.25, 0.3) is 16.9 Å². The van der Waals surface area contributed by atoms with Crippen LogP contribution in [0.5, 0.6) is 5.88 Å². The molecule has 4 aromatic rings. The molecule has 1 aliphatic heterocycles. The number of sulfonamides is 1. The molecule has 0 fully saturated rings. The van der Waals surface area contributed by atoms with E-state index < -0.39 is 39.5 Å². The van der Waals surface area contributed by atoms with Crippen LogP contribution in [-0.4, -0.2) is 59.9 Å². The number of anilines is 2. The highest BCUT2D eigenvalue weighted by Crippen LogP contribution is 2.38. The van der Waals surface area contributed by atoms with Gasteiger partial charge >= 0.3 is 6.18 Å². The number of pyridine rings is 2. The molecule has 50 heavy (non-hydrogen) atoms. The number of carbonyl (C=O) groups is 1. The van der Waals surface area contributed by atoms with Crippen LogP contribution in [0.1, 0.15) is 58.9 Å². The van der Waals surface area contributed by atoms with Gasteiger partial charge in [-0.15, -0.1) is 5.10 Å². The molecule has 15 heteroatoms. The molecule has 268 valence electrons. The van der Waals surface area contributed by atoms with Gasteiger partial charge in [-0.3, -0.25) is 9.52 Å². The predicted octanol–water partition coefficient (Wildman–Crippen LogP) is 6.53. The van der Waals surface area contributed by atoms with Crippen LogP contribution in [0.3, 0.4) is 0 Å². The summed E-state index contributed by atoms with van der Waals surface area (Å²) >= 11 is 0. The standard InChI is InChI=1S/C35H42F3N7O4S/c1-33(2,32(39)46)22-44-20-10-6-5-7-12-24-13-8-9-14-25(24)31-26(45-21-19-29(42-45)49-23-34(3,4)35(36,37)38)17-18-27(40-31)43-50(47,48)30-16-11-15-28(44)41-30/h8-9,11,13-19,21H,5-7,10,12,20,22-23H2,1-4H3,(H2,39,46)(H,40,43). The van der Waals surface area contributed by atoms with Gasteiger partial charge in [0.2, 0.25) is 11.8 Å². The lowest BCUT2D eigenvalue weighted by Crippen LogP contribution is -2.43. The summed E-state index contributed by atoms with van der Waals surface area (Å²) in [5.41, 5.74) is 5.32. The van der Waals surface area contributed by atoms with Crippen LogP contribution in [0.15, 0.2) is 71.9 Å². The molecule has 0 radical (unpaired) electrons. The van der Waals surface area contributed by atoms with Gasteiger partial charge in [-0.1, -0.05) is 43.2 Å². The van der Waals surface area contributed by atoms with Gasteiger partial charge in [0, 0.05) is 30.9 Å². The summed E-state index contributed by atoms with van der Waals surface area (Å²) in [6.45, 7) is 5.78. The van der Waals surface area contributed by atoms with Crippen LogP contribution >= 0.6 is 0 Å². The molecule has 0 saturated heterocycles. The van der Waals surface area contributed by atoms with Crippen molar-refractivity contribution >= 4 is 27.6 Å². The summed E-state index contributed by atoms with van der Waals surface area (Å²) in [5.74, 6) is -0.0498. The average Bonchev–Trinajstić information content (AvgIpc) is 3.53. The second-order valence-electron chi connectivity index (χ2n) is 13.8. The number of amides is 1. The molecular formula is C35H42F3N7O4S. The van der Waals surface area contributed by atoms with Crippen molar-refractivity contribution in [1.29, 1.82) is 0 Å². The molecule has 11 nitrogen and oxygen atoms in total. The number of hydrogen-bond donors (Lipinski definition) is 2. The first-order chi connectivity index (χ1) is 23.5. The van der Waals surface area contributed by atoms with Crippen molar-refractivity contribution in [3.05, 3.63) is 72.4 Å². The molecule has 0 atom stereocenters. The molecule has 1 amide bonds. The van der Waals surface area contributed by atoms with Gasteiger partial charge in [0.1, 0.15) is 18.2 Å². The van der Waals surface area contributed by atoms with E-state index in [0.29, 0.717) is 30.2 Å². The van der Waals surface area contributed by atoms with Gasteiger partial charge in [0.05, 0.1) is 22.2 Å². The normalized spacial score (nSPS) is 15.8. The Bertz CT molecular complexity index is 1940. The fourth-order valence-corrected chi connectivity index (χ4v) is 6.40. The Morgan fingerprint density at radius 3 is 2.42 bits per heavy atom. The molecule has 0 unspecified atom stereocenters. The predicted molar refractivity (Wildman–Crippen MR) is 185 cm³/mol. The first-order valence-corrected chi connectivity index (χ1v) is 17.8. The summed E-state index contributed by atoms with van der Waals surface area (Å²) in [5, 5.41) is 4.15. The zero-order chi connectivity index (χ0) is 36.3. The summed E-state index contributed by atoms with van der Waals surface area (Å²) in [7, 11) is -4.24. The minimum Gasteiger partial charge on any atom is -0.476 e. The van der Waals surface area contributed by atoms with E-state index in [2.05, 4.69) is 14.8 Å². The lowest BCUT2D eigenvalue weighted by Gasteiger charge is -2.31. The van der Waals surface area contributed by atoms with Crippen LogP contribution < -0.4 is 20.1 Å². The summed E-state index contributed by atoms with van der Waals surface area (Å²) in [4.78, 5) is 23.3. The van der Waals surface area contributed by atoms with Gasteiger partial charge < -0.3 is 15.4 Å². The average molecular weight is 714 g/mol. The summed E-state index contributed by atoms with van der Waals surface area (Å²) in [6, 6.07) is 16.9. The molecule has 4 bridgehead atoms. The van der Waals surface area contributed by atoms with Crippen molar-refractivity contribution < 1.29 is 31.1 Å². The maximum atomic E-state index is 13.7. The Labute approximate surface area is 290 Å². The number of benzene rings is 1. The van der Waals surface area contributed by atoms with Gasteiger partial charge in [-0.2, -0.15) is 21.6 Å². The Morgan fingerprint density at radius 2 is 1.68 bits per heavy atom. The molecule has 5 rings (SSSR count). The second-order valence-corrected chi connectivity index (χ2v) is 15.4. The number of rotatable bonds is 7. The fourth-order valence-electron chi connectivity index (χ4n) is 5.44. The Balaban J connectivity index is 1.54. The summed E-state index contributed by atoms with van der Waals surface area (Å²) < 4.78 is 77.2. The number of halogens is 3. The van der Waals surface area contributed by atoms with E-state index in [0.717, 1.165) is 50.7 Å². The van der Waals surface area contributed by atoms with Gasteiger partial charge in [-0.25, -0.2) is 14.6 Å². The molecule has 3 N–H and O–H groups in total. The van der Waals surface area contributed by atoms with Crippen molar-refractivity contribution in [2.45, 2.75) is 71.0 Å². The van der Waals surface area contributed by atoms with Crippen molar-refractivity contribution in [3.8, 4) is 22.8 Å². The van der Waals surface area contributed by atoms with E-state index in [1.54, 1.807) is 38.2 Å². The van der Waals surface area contributed by atoms with E-state index in [9.17, 15) is 26.4 Å².